The molecule has 0 aromatic carbocycles. The molecule has 2 nitrogen and oxygen atoms in total. The largest absolute Gasteiger partial charge is 0.389 e. The van der Waals surface area contributed by atoms with Crippen molar-refractivity contribution in [2.45, 2.75) is 52.6 Å². The molecule has 0 aromatic rings. The van der Waals surface area contributed by atoms with E-state index in [1.165, 1.54) is 12.8 Å². The number of hydrogen-bond acceptors (Lipinski definition) is 2. The molecule has 0 amide bonds. The minimum absolute atomic E-state index is 0.433. The van der Waals surface area contributed by atoms with Crippen LogP contribution in [0.3, 0.4) is 0 Å². The van der Waals surface area contributed by atoms with Crippen LogP contribution in [-0.4, -0.2) is 35.2 Å². The van der Waals surface area contributed by atoms with Crippen molar-refractivity contribution in [1.29, 1.82) is 0 Å². The fourth-order valence-corrected chi connectivity index (χ4v) is 2.27. The van der Waals surface area contributed by atoms with Gasteiger partial charge in [-0.1, -0.05) is 20.8 Å². The second-order valence-electron chi connectivity index (χ2n) is 5.83. The van der Waals surface area contributed by atoms with Gasteiger partial charge in [-0.05, 0) is 38.1 Å². The Balaban J connectivity index is 2.46. The molecule has 1 aliphatic rings. The van der Waals surface area contributed by atoms with Crippen molar-refractivity contribution in [3.05, 3.63) is 0 Å². The Morgan fingerprint density at radius 1 is 1.43 bits per heavy atom. The number of aliphatic hydroxyl groups is 1. The molecule has 0 bridgehead atoms. The summed E-state index contributed by atoms with van der Waals surface area (Å²) >= 11 is 0. The molecule has 14 heavy (non-hydrogen) atoms. The highest BCUT2D eigenvalue weighted by atomic mass is 16.3. The molecule has 1 saturated heterocycles. The van der Waals surface area contributed by atoms with Gasteiger partial charge in [0.2, 0.25) is 0 Å². The van der Waals surface area contributed by atoms with Crippen LogP contribution in [0.15, 0.2) is 0 Å². The molecular formula is C12H25NO. The molecule has 1 N–H and O–H groups in total. The van der Waals surface area contributed by atoms with E-state index >= 15 is 0 Å². The van der Waals surface area contributed by atoms with Crippen molar-refractivity contribution in [3.8, 4) is 0 Å². The zero-order chi connectivity index (χ0) is 10.8. The van der Waals surface area contributed by atoms with E-state index in [0.29, 0.717) is 5.41 Å². The van der Waals surface area contributed by atoms with E-state index in [1.54, 1.807) is 0 Å². The summed E-state index contributed by atoms with van der Waals surface area (Å²) in [6.07, 6.45) is 3.43. The van der Waals surface area contributed by atoms with Gasteiger partial charge in [-0.3, -0.25) is 4.90 Å². The Hall–Kier alpha value is -0.0800. The van der Waals surface area contributed by atoms with Gasteiger partial charge in [0.25, 0.3) is 0 Å². The summed E-state index contributed by atoms with van der Waals surface area (Å²) in [6.45, 7) is 11.7. The number of hydrogen-bond donors (Lipinski definition) is 1. The molecule has 0 aromatic heterocycles. The van der Waals surface area contributed by atoms with Gasteiger partial charge >= 0.3 is 0 Å². The highest BCUT2D eigenvalue weighted by molar-refractivity contribution is 4.84. The smallest absolute Gasteiger partial charge is 0.0743 e. The predicted octanol–water partition coefficient (Wildman–Crippen LogP) is 2.27. The van der Waals surface area contributed by atoms with Crippen molar-refractivity contribution in [2.75, 3.05) is 19.6 Å². The quantitative estimate of drug-likeness (QED) is 0.753. The molecule has 1 unspecified atom stereocenters. The van der Waals surface area contributed by atoms with Crippen LogP contribution in [0.1, 0.15) is 47.0 Å². The summed E-state index contributed by atoms with van der Waals surface area (Å²) in [5, 5.41) is 10.0. The van der Waals surface area contributed by atoms with Crippen molar-refractivity contribution in [3.63, 3.8) is 0 Å². The standard InChI is InChI=1S/C12H25NO/c1-5-12(4,14)10-13-8-6-7-11(2,3)9-13/h14H,5-10H2,1-4H3. The first-order valence-corrected chi connectivity index (χ1v) is 5.79. The number of β-amino-alcohol motifs (C(OH)–C–C–N with tert-alkyl or cyclic N) is 1. The predicted molar refractivity (Wildman–Crippen MR) is 60.4 cm³/mol. The molecule has 0 radical (unpaired) electrons. The van der Waals surface area contributed by atoms with Crippen LogP contribution in [0.2, 0.25) is 0 Å². The Morgan fingerprint density at radius 3 is 2.57 bits per heavy atom. The number of rotatable bonds is 3. The van der Waals surface area contributed by atoms with Crippen molar-refractivity contribution in [1.82, 2.24) is 4.90 Å². The third-order valence-corrected chi connectivity index (χ3v) is 3.31. The van der Waals surface area contributed by atoms with Crippen molar-refractivity contribution < 1.29 is 5.11 Å². The normalized spacial score (nSPS) is 27.2. The van der Waals surface area contributed by atoms with Gasteiger partial charge in [-0.25, -0.2) is 0 Å². The maximum atomic E-state index is 10.0. The summed E-state index contributed by atoms with van der Waals surface area (Å²) in [5.74, 6) is 0. The lowest BCUT2D eigenvalue weighted by atomic mass is 9.83. The molecule has 2 heteroatoms. The third kappa shape index (κ3) is 3.58. The zero-order valence-corrected chi connectivity index (χ0v) is 10.1. The third-order valence-electron chi connectivity index (χ3n) is 3.31. The lowest BCUT2D eigenvalue weighted by Crippen LogP contribution is -2.47. The summed E-state index contributed by atoms with van der Waals surface area (Å²) in [4.78, 5) is 2.41. The summed E-state index contributed by atoms with van der Waals surface area (Å²) in [7, 11) is 0. The first-order chi connectivity index (χ1) is 6.35. The summed E-state index contributed by atoms with van der Waals surface area (Å²) in [5.41, 5.74) is -0.0739. The first-order valence-electron chi connectivity index (χ1n) is 5.79. The molecule has 0 spiro atoms. The maximum absolute atomic E-state index is 10.0. The molecule has 84 valence electrons. The zero-order valence-electron chi connectivity index (χ0n) is 10.1. The number of likely N-dealkylation sites (tertiary alicyclic amines) is 1. The van der Waals surface area contributed by atoms with Crippen LogP contribution in [0.5, 0.6) is 0 Å². The molecule has 1 heterocycles. The lowest BCUT2D eigenvalue weighted by Gasteiger charge is -2.40. The van der Waals surface area contributed by atoms with Crippen LogP contribution in [0.4, 0.5) is 0 Å². The Morgan fingerprint density at radius 2 is 2.07 bits per heavy atom. The van der Waals surface area contributed by atoms with Crippen LogP contribution in [0, 0.1) is 5.41 Å². The minimum Gasteiger partial charge on any atom is -0.389 e. The van der Waals surface area contributed by atoms with Gasteiger partial charge in [-0.15, -0.1) is 0 Å². The summed E-state index contributed by atoms with van der Waals surface area (Å²) in [6, 6.07) is 0. The first kappa shape index (κ1) is 12.0. The van der Waals surface area contributed by atoms with E-state index < -0.39 is 5.60 Å². The number of nitrogens with zero attached hydrogens (tertiary/aromatic N) is 1. The van der Waals surface area contributed by atoms with E-state index in [4.69, 9.17) is 0 Å². The van der Waals surface area contributed by atoms with E-state index in [1.807, 2.05) is 6.92 Å². The highest BCUT2D eigenvalue weighted by Crippen LogP contribution is 2.29. The molecule has 0 aliphatic carbocycles. The van der Waals surface area contributed by atoms with E-state index in [0.717, 1.165) is 26.1 Å². The van der Waals surface area contributed by atoms with E-state index in [2.05, 4.69) is 25.7 Å². The molecule has 0 saturated carbocycles. The molecular weight excluding hydrogens is 174 g/mol. The second kappa shape index (κ2) is 4.19. The van der Waals surface area contributed by atoms with Gasteiger partial charge in [0.15, 0.2) is 0 Å². The van der Waals surface area contributed by atoms with Crippen molar-refractivity contribution >= 4 is 0 Å². The van der Waals surface area contributed by atoms with Gasteiger partial charge < -0.3 is 5.11 Å². The maximum Gasteiger partial charge on any atom is 0.0743 e. The fraction of sp³-hybridized carbons (Fsp3) is 1.00. The average molecular weight is 199 g/mol. The van der Waals surface area contributed by atoms with Crippen LogP contribution in [-0.2, 0) is 0 Å². The molecule has 1 fully saturated rings. The van der Waals surface area contributed by atoms with Gasteiger partial charge in [0, 0.05) is 13.1 Å². The van der Waals surface area contributed by atoms with E-state index in [9.17, 15) is 5.11 Å². The average Bonchev–Trinajstić information content (AvgIpc) is 2.01. The molecule has 1 atom stereocenters. The topological polar surface area (TPSA) is 23.5 Å². The van der Waals surface area contributed by atoms with Crippen molar-refractivity contribution in [2.24, 2.45) is 5.41 Å². The van der Waals surface area contributed by atoms with Crippen LogP contribution < -0.4 is 0 Å². The van der Waals surface area contributed by atoms with Crippen LogP contribution in [0.25, 0.3) is 0 Å². The number of piperidine rings is 1. The second-order valence-corrected chi connectivity index (χ2v) is 5.83. The van der Waals surface area contributed by atoms with Gasteiger partial charge in [-0.2, -0.15) is 0 Å². The molecule has 1 aliphatic heterocycles. The van der Waals surface area contributed by atoms with Gasteiger partial charge in [0.1, 0.15) is 0 Å². The summed E-state index contributed by atoms with van der Waals surface area (Å²) < 4.78 is 0. The molecule has 1 rings (SSSR count). The Labute approximate surface area is 88.3 Å². The fourth-order valence-electron chi connectivity index (χ4n) is 2.27. The SMILES string of the molecule is CCC(C)(O)CN1CCCC(C)(C)C1. The van der Waals surface area contributed by atoms with Gasteiger partial charge in [0.05, 0.1) is 5.60 Å². The highest BCUT2D eigenvalue weighted by Gasteiger charge is 2.30. The Kier molecular flexibility index (Phi) is 3.59. The Bertz CT molecular complexity index is 187. The van der Waals surface area contributed by atoms with Crippen LogP contribution >= 0.6 is 0 Å². The minimum atomic E-state index is -0.507. The monoisotopic (exact) mass is 199 g/mol. The lowest BCUT2D eigenvalue weighted by molar-refractivity contribution is -0.00602. The van der Waals surface area contributed by atoms with E-state index in [-0.39, 0.29) is 0 Å².